The van der Waals surface area contributed by atoms with Crippen LogP contribution in [-0.4, -0.2) is 39.9 Å². The fraction of sp³-hybridized carbons (Fsp3) is 0.769. The zero-order chi connectivity index (χ0) is 12.3. The zero-order valence-corrected chi connectivity index (χ0v) is 11.0. The van der Waals surface area contributed by atoms with E-state index in [1.807, 2.05) is 17.9 Å². The van der Waals surface area contributed by atoms with Crippen LogP contribution in [0.4, 0.5) is 0 Å². The van der Waals surface area contributed by atoms with E-state index in [1.54, 1.807) is 0 Å². The second-order valence-corrected chi connectivity index (χ2v) is 5.10. The maximum absolute atomic E-state index is 5.88. The Labute approximate surface area is 104 Å². The number of hydrogen-bond acceptors (Lipinski definition) is 3. The zero-order valence-electron chi connectivity index (χ0n) is 11.0. The molecular formula is C13H24N4. The molecule has 0 aromatic carbocycles. The van der Waals surface area contributed by atoms with Crippen molar-refractivity contribution in [2.75, 3.05) is 13.1 Å². The summed E-state index contributed by atoms with van der Waals surface area (Å²) in [4.78, 5) is 2.58. The Hall–Kier alpha value is -0.870. The number of nitrogens with zero attached hydrogens (tertiary/aromatic N) is 3. The highest BCUT2D eigenvalue weighted by Gasteiger charge is 2.26. The maximum atomic E-state index is 5.88. The lowest BCUT2D eigenvalue weighted by atomic mass is 9.96. The summed E-state index contributed by atoms with van der Waals surface area (Å²) in [5, 5.41) is 4.21. The molecule has 0 bridgehead atoms. The third-order valence-corrected chi connectivity index (χ3v) is 4.02. The average molecular weight is 236 g/mol. The van der Waals surface area contributed by atoms with Crippen LogP contribution in [0.3, 0.4) is 0 Å². The first-order valence-corrected chi connectivity index (χ1v) is 6.65. The molecular weight excluding hydrogens is 212 g/mol. The van der Waals surface area contributed by atoms with E-state index in [1.165, 1.54) is 25.0 Å². The molecule has 2 N–H and O–H groups in total. The van der Waals surface area contributed by atoms with E-state index in [0.29, 0.717) is 12.1 Å². The van der Waals surface area contributed by atoms with Crippen molar-refractivity contribution >= 4 is 0 Å². The van der Waals surface area contributed by atoms with E-state index in [0.717, 1.165) is 19.5 Å². The Morgan fingerprint density at radius 1 is 1.47 bits per heavy atom. The third kappa shape index (κ3) is 2.87. The molecule has 1 aliphatic heterocycles. The minimum Gasteiger partial charge on any atom is -0.329 e. The van der Waals surface area contributed by atoms with Crippen molar-refractivity contribution in [2.24, 2.45) is 12.8 Å². The normalized spacial score (nSPS) is 26.3. The van der Waals surface area contributed by atoms with Gasteiger partial charge in [-0.15, -0.1) is 0 Å². The molecule has 0 amide bonds. The van der Waals surface area contributed by atoms with Gasteiger partial charge in [0.25, 0.3) is 0 Å². The topological polar surface area (TPSA) is 47.1 Å². The summed E-state index contributed by atoms with van der Waals surface area (Å²) >= 11 is 0. The Morgan fingerprint density at radius 3 is 2.94 bits per heavy atom. The quantitative estimate of drug-likeness (QED) is 0.853. The predicted molar refractivity (Wildman–Crippen MR) is 69.8 cm³/mol. The van der Waals surface area contributed by atoms with Crippen LogP contribution < -0.4 is 5.73 Å². The van der Waals surface area contributed by atoms with Gasteiger partial charge in [0, 0.05) is 50.5 Å². The minimum absolute atomic E-state index is 0.576. The van der Waals surface area contributed by atoms with Crippen LogP contribution in [0.2, 0.25) is 0 Å². The summed E-state index contributed by atoms with van der Waals surface area (Å²) in [6, 6.07) is 3.35. The monoisotopic (exact) mass is 236 g/mol. The van der Waals surface area contributed by atoms with E-state index in [4.69, 9.17) is 5.73 Å². The van der Waals surface area contributed by atoms with Gasteiger partial charge in [-0.2, -0.15) is 5.10 Å². The Morgan fingerprint density at radius 2 is 2.29 bits per heavy atom. The molecule has 2 unspecified atom stereocenters. The molecule has 1 saturated heterocycles. The van der Waals surface area contributed by atoms with Gasteiger partial charge < -0.3 is 5.73 Å². The molecule has 0 saturated carbocycles. The summed E-state index contributed by atoms with van der Waals surface area (Å²) < 4.78 is 1.96. The standard InChI is InChI=1S/C13H24N4/c1-11-4-3-5-13(10-14)17(11)9-7-12-6-8-15-16(12)2/h6,8,11,13H,3-5,7,9-10,14H2,1-2H3. The number of rotatable bonds is 4. The van der Waals surface area contributed by atoms with Crippen molar-refractivity contribution < 1.29 is 0 Å². The van der Waals surface area contributed by atoms with Crippen molar-refractivity contribution in [3.8, 4) is 0 Å². The van der Waals surface area contributed by atoms with Crippen LogP contribution >= 0.6 is 0 Å². The summed E-state index contributed by atoms with van der Waals surface area (Å²) in [5.41, 5.74) is 7.18. The third-order valence-electron chi connectivity index (χ3n) is 4.02. The number of likely N-dealkylation sites (tertiary alicyclic amines) is 1. The molecule has 96 valence electrons. The highest BCUT2D eigenvalue weighted by molar-refractivity contribution is 5.01. The Balaban J connectivity index is 1.94. The number of hydrogen-bond donors (Lipinski definition) is 1. The Kier molecular flexibility index (Phi) is 4.18. The SMILES string of the molecule is CC1CCCC(CN)N1CCc1ccnn1C. The van der Waals surface area contributed by atoms with Gasteiger partial charge in [0.05, 0.1) is 0 Å². The van der Waals surface area contributed by atoms with Crippen molar-refractivity contribution in [2.45, 2.75) is 44.7 Å². The van der Waals surface area contributed by atoms with Gasteiger partial charge in [-0.25, -0.2) is 0 Å². The van der Waals surface area contributed by atoms with E-state index in [9.17, 15) is 0 Å². The van der Waals surface area contributed by atoms with Crippen molar-refractivity contribution in [3.05, 3.63) is 18.0 Å². The van der Waals surface area contributed by atoms with Gasteiger partial charge in [-0.05, 0) is 25.8 Å². The second-order valence-electron chi connectivity index (χ2n) is 5.10. The van der Waals surface area contributed by atoms with E-state index < -0.39 is 0 Å². The minimum atomic E-state index is 0.576. The Bertz CT molecular complexity index is 347. The number of piperidine rings is 1. The largest absolute Gasteiger partial charge is 0.329 e. The van der Waals surface area contributed by atoms with Gasteiger partial charge in [0.2, 0.25) is 0 Å². The average Bonchev–Trinajstić information content (AvgIpc) is 2.73. The second kappa shape index (κ2) is 5.65. The fourth-order valence-corrected chi connectivity index (χ4v) is 2.89. The maximum Gasteiger partial charge on any atom is 0.0492 e. The lowest BCUT2D eigenvalue weighted by Crippen LogP contribution is -2.49. The molecule has 1 fully saturated rings. The van der Waals surface area contributed by atoms with Crippen LogP contribution in [0.15, 0.2) is 12.3 Å². The van der Waals surface area contributed by atoms with Gasteiger partial charge in [-0.3, -0.25) is 9.58 Å². The summed E-state index contributed by atoms with van der Waals surface area (Å²) in [5.74, 6) is 0. The molecule has 1 aliphatic rings. The van der Waals surface area contributed by atoms with E-state index >= 15 is 0 Å². The van der Waals surface area contributed by atoms with E-state index in [2.05, 4.69) is 23.0 Å². The summed E-state index contributed by atoms with van der Waals surface area (Å²) in [7, 11) is 2.01. The molecule has 0 radical (unpaired) electrons. The van der Waals surface area contributed by atoms with Crippen LogP contribution in [0.25, 0.3) is 0 Å². The molecule has 4 heteroatoms. The molecule has 17 heavy (non-hydrogen) atoms. The summed E-state index contributed by atoms with van der Waals surface area (Å²) in [6.07, 6.45) is 6.83. The molecule has 2 atom stereocenters. The van der Waals surface area contributed by atoms with Gasteiger partial charge in [0.1, 0.15) is 0 Å². The smallest absolute Gasteiger partial charge is 0.0492 e. The molecule has 4 nitrogen and oxygen atoms in total. The molecule has 1 aromatic heterocycles. The number of aromatic nitrogens is 2. The van der Waals surface area contributed by atoms with Gasteiger partial charge in [-0.1, -0.05) is 6.42 Å². The molecule has 0 aliphatic carbocycles. The molecule has 2 heterocycles. The summed E-state index contributed by atoms with van der Waals surface area (Å²) in [6.45, 7) is 4.21. The van der Waals surface area contributed by atoms with Crippen molar-refractivity contribution in [1.82, 2.24) is 14.7 Å². The highest BCUT2D eigenvalue weighted by atomic mass is 15.3. The highest BCUT2D eigenvalue weighted by Crippen LogP contribution is 2.22. The lowest BCUT2D eigenvalue weighted by molar-refractivity contribution is 0.0982. The van der Waals surface area contributed by atoms with Crippen LogP contribution in [0.5, 0.6) is 0 Å². The van der Waals surface area contributed by atoms with Crippen LogP contribution in [0, 0.1) is 0 Å². The van der Waals surface area contributed by atoms with Gasteiger partial charge in [0.15, 0.2) is 0 Å². The number of nitrogens with two attached hydrogens (primary N) is 1. The first-order valence-electron chi connectivity index (χ1n) is 6.65. The lowest BCUT2D eigenvalue weighted by Gasteiger charge is -2.40. The first kappa shape index (κ1) is 12.6. The van der Waals surface area contributed by atoms with Gasteiger partial charge >= 0.3 is 0 Å². The molecule has 0 spiro atoms. The predicted octanol–water partition coefficient (Wildman–Crippen LogP) is 1.16. The number of aryl methyl sites for hydroxylation is 1. The van der Waals surface area contributed by atoms with E-state index in [-0.39, 0.29) is 0 Å². The molecule has 1 aromatic rings. The van der Waals surface area contributed by atoms with Crippen LogP contribution in [-0.2, 0) is 13.5 Å². The fourth-order valence-electron chi connectivity index (χ4n) is 2.89. The molecule has 2 rings (SSSR count). The first-order chi connectivity index (χ1) is 8.22. The van der Waals surface area contributed by atoms with Crippen molar-refractivity contribution in [1.29, 1.82) is 0 Å². The van der Waals surface area contributed by atoms with Crippen LogP contribution in [0.1, 0.15) is 31.9 Å². The van der Waals surface area contributed by atoms with Crippen molar-refractivity contribution in [3.63, 3.8) is 0 Å².